The van der Waals surface area contributed by atoms with Crippen LogP contribution in [0, 0.1) is 20.8 Å². The Kier molecular flexibility index (Phi) is 4.32. The average Bonchev–Trinajstić information content (AvgIpc) is 3.06. The summed E-state index contributed by atoms with van der Waals surface area (Å²) in [5.41, 5.74) is 2.22. The number of carbonyl (C=O) groups is 1. The number of nitrogens with zero attached hydrogens (tertiary/aromatic N) is 3. The summed E-state index contributed by atoms with van der Waals surface area (Å²) in [7, 11) is 0. The van der Waals surface area contributed by atoms with Crippen LogP contribution >= 0.6 is 11.6 Å². The van der Waals surface area contributed by atoms with E-state index in [9.17, 15) is 4.79 Å². The predicted molar refractivity (Wildman–Crippen MR) is 94.6 cm³/mol. The average molecular weight is 346 g/mol. The predicted octanol–water partition coefficient (Wildman–Crippen LogP) is 3.33. The molecule has 0 saturated heterocycles. The first kappa shape index (κ1) is 16.5. The van der Waals surface area contributed by atoms with E-state index in [1.165, 1.54) is 0 Å². The second kappa shape index (κ2) is 6.28. The largest absolute Gasteiger partial charge is 0.349 e. The number of para-hydroxylation sites is 1. The van der Waals surface area contributed by atoms with Gasteiger partial charge in [0.2, 0.25) is 0 Å². The van der Waals surface area contributed by atoms with Gasteiger partial charge in [-0.3, -0.25) is 4.79 Å². The topological polar surface area (TPSA) is 75.6 Å². The number of aromatic nitrogens is 4. The van der Waals surface area contributed by atoms with Gasteiger partial charge < -0.3 is 10.3 Å². The van der Waals surface area contributed by atoms with Gasteiger partial charge in [-0.05, 0) is 39.3 Å². The van der Waals surface area contributed by atoms with Gasteiger partial charge in [-0.1, -0.05) is 23.7 Å². The second-order valence-corrected chi connectivity index (χ2v) is 6.40. The maximum absolute atomic E-state index is 12.5. The number of fused-ring (bicyclic) bond motifs is 1. The van der Waals surface area contributed by atoms with Crippen molar-refractivity contribution in [2.45, 2.75) is 33.7 Å². The first-order chi connectivity index (χ1) is 11.4. The molecule has 3 rings (SSSR count). The normalized spacial score (nSPS) is 12.5. The summed E-state index contributed by atoms with van der Waals surface area (Å²) in [4.78, 5) is 20.0. The van der Waals surface area contributed by atoms with Crippen molar-refractivity contribution in [2.24, 2.45) is 0 Å². The zero-order valence-corrected chi connectivity index (χ0v) is 14.9. The molecular weight excluding hydrogens is 326 g/mol. The Morgan fingerprint density at radius 3 is 2.75 bits per heavy atom. The number of nitrogens with one attached hydrogen (secondary N) is 2. The molecular formula is C17H20ClN5O. The van der Waals surface area contributed by atoms with Crippen LogP contribution in [0.3, 0.4) is 0 Å². The molecule has 0 fully saturated rings. The van der Waals surface area contributed by atoms with Crippen molar-refractivity contribution < 1.29 is 4.79 Å². The number of carbonyl (C=O) groups excluding carboxylic acids is 1. The molecule has 0 bridgehead atoms. The van der Waals surface area contributed by atoms with Gasteiger partial charge in [0.05, 0.1) is 16.6 Å². The number of aromatic amines is 1. The molecule has 0 saturated carbocycles. The lowest BCUT2D eigenvalue weighted by Crippen LogP contribution is -2.31. The standard InChI is InChI=1S/C17H20ClN5O/c1-9(23-12(4)20-11(3)22-23)8-19-17(24)15-10(2)13-6-5-7-14(18)16(13)21-15/h5-7,9,21H,8H2,1-4H3,(H,19,24)/t9-/m1/s1. The van der Waals surface area contributed by atoms with Crippen molar-refractivity contribution in [1.82, 2.24) is 25.1 Å². The summed E-state index contributed by atoms with van der Waals surface area (Å²) in [5.74, 6) is 1.41. The molecule has 126 valence electrons. The number of aryl methyl sites for hydroxylation is 3. The molecule has 1 amide bonds. The first-order valence-electron chi connectivity index (χ1n) is 7.83. The highest BCUT2D eigenvalue weighted by molar-refractivity contribution is 6.35. The minimum absolute atomic E-state index is 0.0171. The highest BCUT2D eigenvalue weighted by atomic mass is 35.5. The molecule has 2 aromatic heterocycles. The minimum Gasteiger partial charge on any atom is -0.349 e. The fourth-order valence-corrected chi connectivity index (χ4v) is 3.13. The van der Waals surface area contributed by atoms with Crippen LogP contribution in [0.5, 0.6) is 0 Å². The Bertz CT molecular complexity index is 911. The van der Waals surface area contributed by atoms with E-state index in [0.29, 0.717) is 17.3 Å². The molecule has 0 spiro atoms. The van der Waals surface area contributed by atoms with Crippen molar-refractivity contribution in [2.75, 3.05) is 6.54 Å². The molecule has 1 atom stereocenters. The number of hydrogen-bond acceptors (Lipinski definition) is 3. The van der Waals surface area contributed by atoms with Gasteiger partial charge >= 0.3 is 0 Å². The lowest BCUT2D eigenvalue weighted by molar-refractivity contribution is 0.0943. The van der Waals surface area contributed by atoms with Crippen LogP contribution in [-0.2, 0) is 0 Å². The fourth-order valence-electron chi connectivity index (χ4n) is 2.91. The van der Waals surface area contributed by atoms with E-state index in [4.69, 9.17) is 11.6 Å². The van der Waals surface area contributed by atoms with Crippen LogP contribution in [0.2, 0.25) is 5.02 Å². The molecule has 0 aliphatic rings. The smallest absolute Gasteiger partial charge is 0.268 e. The monoisotopic (exact) mass is 345 g/mol. The van der Waals surface area contributed by atoms with Gasteiger partial charge in [0.15, 0.2) is 0 Å². The summed E-state index contributed by atoms with van der Waals surface area (Å²) in [6.45, 7) is 8.13. The molecule has 0 aliphatic heterocycles. The SMILES string of the molecule is Cc1nc(C)n([C@H](C)CNC(=O)c2[nH]c3c(Cl)cccc3c2C)n1. The van der Waals surface area contributed by atoms with E-state index in [2.05, 4.69) is 20.4 Å². The summed E-state index contributed by atoms with van der Waals surface area (Å²) in [6, 6.07) is 5.65. The van der Waals surface area contributed by atoms with E-state index in [-0.39, 0.29) is 11.9 Å². The molecule has 6 nitrogen and oxygen atoms in total. The fraction of sp³-hybridized carbons (Fsp3) is 0.353. The van der Waals surface area contributed by atoms with E-state index in [0.717, 1.165) is 28.1 Å². The number of hydrogen-bond donors (Lipinski definition) is 2. The molecule has 7 heteroatoms. The molecule has 0 radical (unpaired) electrons. The first-order valence-corrected chi connectivity index (χ1v) is 8.21. The molecule has 0 aliphatic carbocycles. The molecule has 0 unspecified atom stereocenters. The van der Waals surface area contributed by atoms with E-state index < -0.39 is 0 Å². The number of halogens is 1. The maximum Gasteiger partial charge on any atom is 0.268 e. The second-order valence-electron chi connectivity index (χ2n) is 6.00. The zero-order chi connectivity index (χ0) is 17.4. The third-order valence-corrected chi connectivity index (χ3v) is 4.47. The summed E-state index contributed by atoms with van der Waals surface area (Å²) >= 11 is 6.19. The molecule has 24 heavy (non-hydrogen) atoms. The third-order valence-electron chi connectivity index (χ3n) is 4.15. The lowest BCUT2D eigenvalue weighted by atomic mass is 10.1. The molecule has 2 N–H and O–H groups in total. The van der Waals surface area contributed by atoms with Gasteiger partial charge in [0.25, 0.3) is 5.91 Å². The lowest BCUT2D eigenvalue weighted by Gasteiger charge is -2.14. The third kappa shape index (κ3) is 2.89. The quantitative estimate of drug-likeness (QED) is 0.761. The molecule has 2 heterocycles. The number of benzene rings is 1. The molecule has 3 aromatic rings. The number of H-pyrrole nitrogens is 1. The van der Waals surface area contributed by atoms with E-state index >= 15 is 0 Å². The van der Waals surface area contributed by atoms with Crippen molar-refractivity contribution in [3.8, 4) is 0 Å². The molecule has 1 aromatic carbocycles. The van der Waals surface area contributed by atoms with Crippen molar-refractivity contribution in [1.29, 1.82) is 0 Å². The van der Waals surface area contributed by atoms with Gasteiger partial charge in [-0.2, -0.15) is 5.10 Å². The van der Waals surface area contributed by atoms with Crippen LogP contribution in [-0.4, -0.2) is 32.2 Å². The Morgan fingerprint density at radius 1 is 1.38 bits per heavy atom. The Balaban J connectivity index is 1.77. The van der Waals surface area contributed by atoms with Crippen LogP contribution < -0.4 is 5.32 Å². The highest BCUT2D eigenvalue weighted by Crippen LogP contribution is 2.27. The number of rotatable bonds is 4. The zero-order valence-electron chi connectivity index (χ0n) is 14.1. The van der Waals surface area contributed by atoms with Gasteiger partial charge in [0.1, 0.15) is 17.3 Å². The number of amides is 1. The Morgan fingerprint density at radius 2 is 2.12 bits per heavy atom. The van der Waals surface area contributed by atoms with Gasteiger partial charge in [-0.25, -0.2) is 9.67 Å². The summed E-state index contributed by atoms with van der Waals surface area (Å²) in [6.07, 6.45) is 0. The maximum atomic E-state index is 12.5. The van der Waals surface area contributed by atoms with Crippen LogP contribution in [0.4, 0.5) is 0 Å². The van der Waals surface area contributed by atoms with Crippen LogP contribution in [0.1, 0.15) is 40.7 Å². The van der Waals surface area contributed by atoms with E-state index in [1.807, 2.05) is 44.5 Å². The Labute approximate surface area is 145 Å². The summed E-state index contributed by atoms with van der Waals surface area (Å²) < 4.78 is 1.82. The van der Waals surface area contributed by atoms with Gasteiger partial charge in [0, 0.05) is 11.9 Å². The Hall–Kier alpha value is -2.34. The van der Waals surface area contributed by atoms with Crippen LogP contribution in [0.15, 0.2) is 18.2 Å². The minimum atomic E-state index is -0.152. The van der Waals surface area contributed by atoms with Crippen molar-refractivity contribution in [3.05, 3.63) is 46.1 Å². The van der Waals surface area contributed by atoms with Crippen molar-refractivity contribution >= 4 is 28.4 Å². The van der Waals surface area contributed by atoms with E-state index in [1.54, 1.807) is 6.07 Å². The highest BCUT2D eigenvalue weighted by Gasteiger charge is 2.17. The van der Waals surface area contributed by atoms with Crippen molar-refractivity contribution in [3.63, 3.8) is 0 Å². The summed E-state index contributed by atoms with van der Waals surface area (Å²) in [5, 5.41) is 8.88. The van der Waals surface area contributed by atoms with Crippen LogP contribution in [0.25, 0.3) is 10.9 Å². The van der Waals surface area contributed by atoms with Gasteiger partial charge in [-0.15, -0.1) is 0 Å².